The van der Waals surface area contributed by atoms with Crippen LogP contribution in [-0.4, -0.2) is 42.9 Å². The number of ether oxygens (including phenoxy) is 1. The van der Waals surface area contributed by atoms with E-state index in [0.29, 0.717) is 37.0 Å². The second-order valence-corrected chi connectivity index (χ2v) is 4.29. The number of hydrogen-bond donors (Lipinski definition) is 2. The second-order valence-electron chi connectivity index (χ2n) is 3.88. The quantitative estimate of drug-likeness (QED) is 0.409. The van der Waals surface area contributed by atoms with E-state index < -0.39 is 4.92 Å². The molecule has 0 radical (unpaired) electrons. The van der Waals surface area contributed by atoms with Gasteiger partial charge in [-0.25, -0.2) is 5.43 Å². The minimum atomic E-state index is -0.484. The molecule has 20 heavy (non-hydrogen) atoms. The summed E-state index contributed by atoms with van der Waals surface area (Å²) < 4.78 is 5.13. The summed E-state index contributed by atoms with van der Waals surface area (Å²) in [5.74, 6) is 0. The third kappa shape index (κ3) is 4.93. The number of benzene rings is 1. The minimum Gasteiger partial charge on any atom is -0.394 e. The Labute approximate surface area is 122 Å². The Morgan fingerprint density at radius 2 is 2.25 bits per heavy atom. The lowest BCUT2D eigenvalue weighted by molar-refractivity contribution is -0.384. The molecule has 0 saturated heterocycles. The molecule has 1 rings (SSSR count). The molecule has 0 fully saturated rings. The normalized spacial score (nSPS) is 10.6. The molecule has 2 N–H and O–H groups in total. The van der Waals surface area contributed by atoms with Crippen molar-refractivity contribution in [1.29, 1.82) is 0 Å². The predicted octanol–water partition coefficient (Wildman–Crippen LogP) is 1.59. The van der Waals surface area contributed by atoms with Crippen molar-refractivity contribution in [3.63, 3.8) is 0 Å². The van der Waals surface area contributed by atoms with Gasteiger partial charge in [-0.1, -0.05) is 11.6 Å². The van der Waals surface area contributed by atoms with Crippen molar-refractivity contribution in [2.24, 2.45) is 0 Å². The highest BCUT2D eigenvalue weighted by Gasteiger charge is 2.13. The Morgan fingerprint density at radius 1 is 1.50 bits per heavy atom. The van der Waals surface area contributed by atoms with Crippen molar-refractivity contribution >= 4 is 23.0 Å². The van der Waals surface area contributed by atoms with Gasteiger partial charge in [-0.05, 0) is 13.0 Å². The molecule has 0 atom stereocenters. The molecule has 0 aliphatic heterocycles. The zero-order valence-corrected chi connectivity index (χ0v) is 12.0. The van der Waals surface area contributed by atoms with Crippen LogP contribution in [0.4, 0.5) is 11.4 Å². The van der Waals surface area contributed by atoms with Crippen LogP contribution in [0.2, 0.25) is 5.02 Å². The molecule has 1 aromatic rings. The minimum absolute atomic E-state index is 0.00826. The van der Waals surface area contributed by atoms with Gasteiger partial charge in [0.05, 0.1) is 35.5 Å². The van der Waals surface area contributed by atoms with Crippen LogP contribution < -0.4 is 10.4 Å². The maximum Gasteiger partial charge on any atom is 0.271 e. The fraction of sp³-hybridized carbons (Fsp3) is 0.500. The average molecular weight is 304 g/mol. The largest absolute Gasteiger partial charge is 0.394 e. The van der Waals surface area contributed by atoms with Gasteiger partial charge in [0.25, 0.3) is 5.69 Å². The molecule has 0 bridgehead atoms. The summed E-state index contributed by atoms with van der Waals surface area (Å²) in [6.45, 7) is 3.84. The van der Waals surface area contributed by atoms with Crippen LogP contribution in [0.1, 0.15) is 6.92 Å². The fourth-order valence-corrected chi connectivity index (χ4v) is 1.89. The highest BCUT2D eigenvalue weighted by atomic mass is 35.5. The molecule has 0 saturated carbocycles. The van der Waals surface area contributed by atoms with E-state index in [1.54, 1.807) is 11.1 Å². The molecular weight excluding hydrogens is 286 g/mol. The van der Waals surface area contributed by atoms with Crippen molar-refractivity contribution < 1.29 is 14.8 Å². The summed E-state index contributed by atoms with van der Waals surface area (Å²) in [4.78, 5) is 10.2. The monoisotopic (exact) mass is 303 g/mol. The summed E-state index contributed by atoms with van der Waals surface area (Å²) in [6.07, 6.45) is 0. The van der Waals surface area contributed by atoms with Crippen molar-refractivity contribution in [1.82, 2.24) is 5.43 Å². The van der Waals surface area contributed by atoms with Gasteiger partial charge in [0.1, 0.15) is 0 Å². The van der Waals surface area contributed by atoms with Crippen molar-refractivity contribution in [2.75, 3.05) is 37.9 Å². The number of anilines is 1. The molecule has 8 heteroatoms. The highest BCUT2D eigenvalue weighted by molar-refractivity contribution is 6.33. The van der Waals surface area contributed by atoms with E-state index in [2.05, 4.69) is 5.43 Å². The van der Waals surface area contributed by atoms with Crippen molar-refractivity contribution in [3.05, 3.63) is 33.3 Å². The number of halogens is 1. The van der Waals surface area contributed by atoms with Gasteiger partial charge < -0.3 is 14.9 Å². The number of hydrogen-bond acceptors (Lipinski definition) is 6. The number of hydrazine groups is 1. The first kappa shape index (κ1) is 16.6. The van der Waals surface area contributed by atoms with Gasteiger partial charge in [-0.15, -0.1) is 0 Å². The summed E-state index contributed by atoms with van der Waals surface area (Å²) in [5, 5.41) is 21.3. The lowest BCUT2D eigenvalue weighted by Gasteiger charge is -2.24. The molecule has 7 nitrogen and oxygen atoms in total. The predicted molar refractivity (Wildman–Crippen MR) is 77.0 cm³/mol. The van der Waals surface area contributed by atoms with Gasteiger partial charge in [0.15, 0.2) is 0 Å². The molecule has 0 unspecified atom stereocenters. The number of aliphatic hydroxyl groups is 1. The first-order chi connectivity index (χ1) is 9.60. The molecule has 0 amide bonds. The summed E-state index contributed by atoms with van der Waals surface area (Å²) >= 11 is 6.06. The maximum absolute atomic E-state index is 10.7. The lowest BCUT2D eigenvalue weighted by Crippen LogP contribution is -2.40. The summed E-state index contributed by atoms with van der Waals surface area (Å²) in [7, 11) is 0. The Kier molecular flexibility index (Phi) is 7.24. The van der Waals surface area contributed by atoms with Crippen LogP contribution in [0.25, 0.3) is 0 Å². The van der Waals surface area contributed by atoms with E-state index in [1.165, 1.54) is 12.1 Å². The van der Waals surface area contributed by atoms with Crippen LogP contribution >= 0.6 is 11.6 Å². The van der Waals surface area contributed by atoms with Gasteiger partial charge in [-0.2, -0.15) is 0 Å². The van der Waals surface area contributed by atoms with E-state index >= 15 is 0 Å². The van der Waals surface area contributed by atoms with Crippen LogP contribution in [0.3, 0.4) is 0 Å². The number of nitrogens with one attached hydrogen (secondary N) is 1. The lowest BCUT2D eigenvalue weighted by atomic mass is 10.2. The topological polar surface area (TPSA) is 87.9 Å². The molecule has 0 aliphatic rings. The van der Waals surface area contributed by atoms with Crippen LogP contribution in [0.15, 0.2) is 18.2 Å². The average Bonchev–Trinajstić information content (AvgIpc) is 2.43. The van der Waals surface area contributed by atoms with E-state index in [0.717, 1.165) is 0 Å². The zero-order valence-electron chi connectivity index (χ0n) is 11.2. The van der Waals surface area contributed by atoms with E-state index in [1.807, 2.05) is 6.92 Å². The third-order valence-electron chi connectivity index (χ3n) is 2.53. The Morgan fingerprint density at radius 3 is 2.80 bits per heavy atom. The van der Waals surface area contributed by atoms with Gasteiger partial charge in [0.2, 0.25) is 0 Å². The Balaban J connectivity index is 2.63. The third-order valence-corrected chi connectivity index (χ3v) is 2.84. The fourth-order valence-electron chi connectivity index (χ4n) is 1.61. The van der Waals surface area contributed by atoms with Crippen LogP contribution in [0, 0.1) is 10.1 Å². The second kappa shape index (κ2) is 8.70. The zero-order chi connectivity index (χ0) is 15.0. The van der Waals surface area contributed by atoms with Gasteiger partial charge >= 0.3 is 0 Å². The molecular formula is C12H18ClN3O4. The first-order valence-corrected chi connectivity index (χ1v) is 6.61. The standard InChI is InChI=1S/C12H18ClN3O4/c1-2-15(14-5-7-20-8-6-17)12-4-3-10(16(18)19)9-11(12)13/h3-4,9,14,17H,2,5-8H2,1H3. The number of non-ortho nitro benzene ring substituents is 1. The Bertz CT molecular complexity index is 445. The molecule has 0 aromatic heterocycles. The van der Waals surface area contributed by atoms with Gasteiger partial charge in [0, 0.05) is 25.2 Å². The first-order valence-electron chi connectivity index (χ1n) is 6.23. The Hall–Kier alpha value is -1.41. The maximum atomic E-state index is 10.7. The number of nitro groups is 1. The smallest absolute Gasteiger partial charge is 0.271 e. The van der Waals surface area contributed by atoms with Crippen molar-refractivity contribution in [2.45, 2.75) is 6.92 Å². The number of nitrogens with zero attached hydrogens (tertiary/aromatic N) is 2. The van der Waals surface area contributed by atoms with Crippen LogP contribution in [-0.2, 0) is 4.74 Å². The van der Waals surface area contributed by atoms with Crippen LogP contribution in [0.5, 0.6) is 0 Å². The molecule has 0 spiro atoms. The molecule has 0 aliphatic carbocycles. The number of rotatable bonds is 9. The molecule has 1 aromatic carbocycles. The van der Waals surface area contributed by atoms with E-state index in [9.17, 15) is 10.1 Å². The SMILES string of the molecule is CCN(NCCOCCO)c1ccc([N+](=O)[O-])cc1Cl. The summed E-state index contributed by atoms with van der Waals surface area (Å²) in [6, 6.07) is 4.34. The molecule has 112 valence electrons. The van der Waals surface area contributed by atoms with Gasteiger partial charge in [-0.3, -0.25) is 10.1 Å². The van der Waals surface area contributed by atoms with Crippen molar-refractivity contribution in [3.8, 4) is 0 Å². The van der Waals surface area contributed by atoms with E-state index in [-0.39, 0.29) is 12.3 Å². The van der Waals surface area contributed by atoms with E-state index in [4.69, 9.17) is 21.4 Å². The number of aliphatic hydroxyl groups excluding tert-OH is 1. The molecule has 0 heterocycles. The summed E-state index contributed by atoms with van der Waals surface area (Å²) in [5.41, 5.74) is 3.73. The highest BCUT2D eigenvalue weighted by Crippen LogP contribution is 2.28. The number of nitro benzene ring substituents is 1.